The van der Waals surface area contributed by atoms with E-state index in [1.54, 1.807) is 12.4 Å². The average Bonchev–Trinajstić information content (AvgIpc) is 3.54. The number of aryl methyl sites for hydroxylation is 1. The maximum atomic E-state index is 5.75. The highest BCUT2D eigenvalue weighted by Crippen LogP contribution is 2.37. The number of hydrogen-bond donors (Lipinski definition) is 3. The fourth-order valence-electron chi connectivity index (χ4n) is 3.86. The van der Waals surface area contributed by atoms with Gasteiger partial charge in [-0.1, -0.05) is 5.16 Å². The highest BCUT2D eigenvalue weighted by Gasteiger charge is 2.31. The number of pyridine rings is 1. The third-order valence-corrected chi connectivity index (χ3v) is 5.29. The van der Waals surface area contributed by atoms with E-state index in [1.165, 1.54) is 0 Å². The van der Waals surface area contributed by atoms with Crippen LogP contribution in [0.25, 0.3) is 11.3 Å². The molecule has 1 aliphatic rings. The lowest BCUT2D eigenvalue weighted by Gasteiger charge is -2.22. The molecule has 0 saturated carbocycles. The molecule has 158 valence electrons. The summed E-state index contributed by atoms with van der Waals surface area (Å²) in [7, 11) is 1.84. The molecule has 1 saturated heterocycles. The molecule has 4 aromatic rings. The molecule has 4 aromatic heterocycles. The lowest BCUT2D eigenvalue weighted by atomic mass is 10.1. The third-order valence-electron chi connectivity index (χ3n) is 5.29. The van der Waals surface area contributed by atoms with Gasteiger partial charge in [0.25, 0.3) is 0 Å². The molecule has 0 unspecified atom stereocenters. The van der Waals surface area contributed by atoms with Crippen LogP contribution in [-0.4, -0.2) is 43.9 Å². The van der Waals surface area contributed by atoms with Crippen molar-refractivity contribution in [2.24, 2.45) is 0 Å². The zero-order valence-electron chi connectivity index (χ0n) is 17.3. The highest BCUT2D eigenvalue weighted by atomic mass is 16.5. The van der Waals surface area contributed by atoms with E-state index in [4.69, 9.17) is 9.51 Å². The summed E-state index contributed by atoms with van der Waals surface area (Å²) in [6, 6.07) is 9.62. The molecular weight excluding hydrogens is 394 g/mol. The Morgan fingerprint density at radius 2 is 2.10 bits per heavy atom. The first-order valence-electron chi connectivity index (χ1n) is 10.2. The Kier molecular flexibility index (Phi) is 4.95. The molecule has 10 heteroatoms. The SMILES string of the molecule is CNc1ncccc1-c1cc([C@@H]2CCCN2c2nccc(Nc3cc(C)[nH]n3)n2)on1. The Bertz CT molecular complexity index is 1180. The fourth-order valence-corrected chi connectivity index (χ4v) is 3.86. The zero-order chi connectivity index (χ0) is 21.2. The number of aromatic nitrogens is 6. The predicted molar refractivity (Wildman–Crippen MR) is 117 cm³/mol. The largest absolute Gasteiger partial charge is 0.373 e. The zero-order valence-corrected chi connectivity index (χ0v) is 17.3. The monoisotopic (exact) mass is 417 g/mol. The Balaban J connectivity index is 1.39. The first-order chi connectivity index (χ1) is 15.2. The molecule has 1 atom stereocenters. The Labute approximate surface area is 179 Å². The fraction of sp³-hybridized carbons (Fsp3) is 0.286. The van der Waals surface area contributed by atoms with Gasteiger partial charge in [0.2, 0.25) is 5.95 Å². The lowest BCUT2D eigenvalue weighted by Crippen LogP contribution is -2.24. The smallest absolute Gasteiger partial charge is 0.227 e. The average molecular weight is 417 g/mol. The number of rotatable bonds is 6. The third kappa shape index (κ3) is 3.79. The number of nitrogens with zero attached hydrogens (tertiary/aromatic N) is 6. The molecule has 1 aliphatic heterocycles. The highest BCUT2D eigenvalue weighted by molar-refractivity contribution is 5.72. The van der Waals surface area contributed by atoms with Crippen LogP contribution in [0.2, 0.25) is 0 Å². The molecule has 0 aromatic carbocycles. The van der Waals surface area contributed by atoms with Gasteiger partial charge in [-0.2, -0.15) is 10.1 Å². The van der Waals surface area contributed by atoms with E-state index in [0.717, 1.165) is 53.7 Å². The molecule has 3 N–H and O–H groups in total. The number of H-pyrrole nitrogens is 1. The van der Waals surface area contributed by atoms with Crippen LogP contribution in [0.3, 0.4) is 0 Å². The molecule has 31 heavy (non-hydrogen) atoms. The minimum atomic E-state index is 0.0267. The molecule has 5 heterocycles. The summed E-state index contributed by atoms with van der Waals surface area (Å²) >= 11 is 0. The van der Waals surface area contributed by atoms with Gasteiger partial charge in [-0.05, 0) is 38.0 Å². The number of nitrogens with one attached hydrogen (secondary N) is 3. The molecule has 1 fully saturated rings. The second kappa shape index (κ2) is 8.05. The summed E-state index contributed by atoms with van der Waals surface area (Å²) in [6.07, 6.45) is 5.47. The normalized spacial score (nSPS) is 15.9. The second-order valence-corrected chi connectivity index (χ2v) is 7.42. The van der Waals surface area contributed by atoms with Crippen LogP contribution in [0.4, 0.5) is 23.4 Å². The van der Waals surface area contributed by atoms with E-state index in [2.05, 4.69) is 40.9 Å². The van der Waals surface area contributed by atoms with Crippen molar-refractivity contribution in [3.05, 3.63) is 54.2 Å². The van der Waals surface area contributed by atoms with Gasteiger partial charge in [0, 0.05) is 49.4 Å². The van der Waals surface area contributed by atoms with Gasteiger partial charge in [-0.25, -0.2) is 9.97 Å². The van der Waals surface area contributed by atoms with E-state index in [0.29, 0.717) is 11.8 Å². The van der Waals surface area contributed by atoms with Crippen molar-refractivity contribution in [3.63, 3.8) is 0 Å². The van der Waals surface area contributed by atoms with Crippen molar-refractivity contribution in [3.8, 4) is 11.3 Å². The van der Waals surface area contributed by atoms with Crippen molar-refractivity contribution in [2.45, 2.75) is 25.8 Å². The molecule has 0 aliphatic carbocycles. The summed E-state index contributed by atoms with van der Waals surface area (Å²) in [5, 5.41) is 17.7. The molecule has 5 rings (SSSR count). The summed E-state index contributed by atoms with van der Waals surface area (Å²) in [5.41, 5.74) is 2.64. The first kappa shape index (κ1) is 19.0. The van der Waals surface area contributed by atoms with Crippen molar-refractivity contribution in [2.75, 3.05) is 29.1 Å². The van der Waals surface area contributed by atoms with E-state index in [1.807, 2.05) is 44.3 Å². The van der Waals surface area contributed by atoms with Gasteiger partial charge in [0.1, 0.15) is 17.3 Å². The van der Waals surface area contributed by atoms with Gasteiger partial charge in [-0.15, -0.1) is 0 Å². The number of aromatic amines is 1. The first-order valence-corrected chi connectivity index (χ1v) is 10.2. The standard InChI is InChI=1S/C21H23N9O/c1-13-11-19(28-27-13)25-18-7-9-24-21(26-18)30-10-4-6-16(30)17-12-15(29-31-17)14-5-3-8-23-20(14)22-2/h3,5,7-9,11-12,16H,4,6,10H2,1-2H3,(H,22,23)(H2,24,25,26,27,28)/t16-/m0/s1. The molecule has 10 nitrogen and oxygen atoms in total. The van der Waals surface area contributed by atoms with Gasteiger partial charge >= 0.3 is 0 Å². The van der Waals surface area contributed by atoms with E-state index in [9.17, 15) is 0 Å². The Hall–Kier alpha value is -3.95. The van der Waals surface area contributed by atoms with Crippen molar-refractivity contribution >= 4 is 23.4 Å². The van der Waals surface area contributed by atoms with E-state index < -0.39 is 0 Å². The molecule has 0 radical (unpaired) electrons. The van der Waals surface area contributed by atoms with Crippen LogP contribution in [-0.2, 0) is 0 Å². The summed E-state index contributed by atoms with van der Waals surface area (Å²) in [4.78, 5) is 15.7. The van der Waals surface area contributed by atoms with Gasteiger partial charge in [-0.3, -0.25) is 5.10 Å². The lowest BCUT2D eigenvalue weighted by molar-refractivity contribution is 0.362. The number of anilines is 4. The summed E-state index contributed by atoms with van der Waals surface area (Å²) in [5.74, 6) is 3.62. The van der Waals surface area contributed by atoms with Crippen LogP contribution in [0.1, 0.15) is 30.3 Å². The Morgan fingerprint density at radius 3 is 2.94 bits per heavy atom. The van der Waals surface area contributed by atoms with Crippen LogP contribution >= 0.6 is 0 Å². The predicted octanol–water partition coefficient (Wildman–Crippen LogP) is 3.68. The second-order valence-electron chi connectivity index (χ2n) is 7.42. The molecule has 0 amide bonds. The van der Waals surface area contributed by atoms with Gasteiger partial charge in [0.05, 0.1) is 6.04 Å². The van der Waals surface area contributed by atoms with Crippen molar-refractivity contribution < 1.29 is 4.52 Å². The van der Waals surface area contributed by atoms with Crippen LogP contribution in [0.5, 0.6) is 0 Å². The molecule has 0 bridgehead atoms. The minimum absolute atomic E-state index is 0.0267. The topological polar surface area (TPSA) is 121 Å². The summed E-state index contributed by atoms with van der Waals surface area (Å²) < 4.78 is 5.75. The van der Waals surface area contributed by atoms with Gasteiger partial charge in [0.15, 0.2) is 11.6 Å². The molecule has 0 spiro atoms. The maximum Gasteiger partial charge on any atom is 0.227 e. The van der Waals surface area contributed by atoms with Crippen molar-refractivity contribution in [1.29, 1.82) is 0 Å². The number of hydrogen-bond acceptors (Lipinski definition) is 9. The quantitative estimate of drug-likeness (QED) is 0.431. The van der Waals surface area contributed by atoms with E-state index >= 15 is 0 Å². The molecular formula is C21H23N9O. The van der Waals surface area contributed by atoms with Crippen LogP contribution < -0.4 is 15.5 Å². The van der Waals surface area contributed by atoms with Crippen LogP contribution in [0, 0.1) is 6.92 Å². The maximum absolute atomic E-state index is 5.75. The van der Waals surface area contributed by atoms with E-state index in [-0.39, 0.29) is 6.04 Å². The minimum Gasteiger partial charge on any atom is -0.373 e. The van der Waals surface area contributed by atoms with Crippen LogP contribution in [0.15, 0.2) is 47.2 Å². The van der Waals surface area contributed by atoms with Crippen molar-refractivity contribution in [1.82, 2.24) is 30.3 Å². The Morgan fingerprint density at radius 1 is 1.16 bits per heavy atom. The van der Waals surface area contributed by atoms with Gasteiger partial charge < -0.3 is 20.1 Å². The summed E-state index contributed by atoms with van der Waals surface area (Å²) in [6.45, 7) is 2.80.